The zero-order valence-corrected chi connectivity index (χ0v) is 12.7. The van der Waals surface area contributed by atoms with Gasteiger partial charge < -0.3 is 21.1 Å². The lowest BCUT2D eigenvalue weighted by Gasteiger charge is -2.21. The number of nitrogens with one attached hydrogen (secondary N) is 2. The molecule has 7 heteroatoms. The van der Waals surface area contributed by atoms with Crippen molar-refractivity contribution in [2.24, 2.45) is 11.7 Å². The molecular weight excluding hydrogens is 286 g/mol. The average Bonchev–Trinajstić information content (AvgIpc) is 2.49. The van der Waals surface area contributed by atoms with Gasteiger partial charge in [0.05, 0.1) is 6.54 Å². The smallest absolute Gasteiger partial charge is 0.408 e. The molecule has 0 fully saturated rings. The molecule has 0 aliphatic rings. The second-order valence-corrected chi connectivity index (χ2v) is 5.11. The summed E-state index contributed by atoms with van der Waals surface area (Å²) in [5.41, 5.74) is 5.81. The van der Waals surface area contributed by atoms with Crippen LogP contribution in [0.15, 0.2) is 30.3 Å². The van der Waals surface area contributed by atoms with Crippen molar-refractivity contribution >= 4 is 17.9 Å². The number of nitrogens with two attached hydrogens (primary N) is 1. The standard InChI is InChI=1S/C15H21N3O4/c1-10(2)13(14(20)17-8-12(16)19)18-15(21)22-9-11-6-4-3-5-7-11/h3-7,10,13H,8-9H2,1-2H3,(H2,16,19)(H,17,20)(H,18,21)/t13-/m0/s1. The van der Waals surface area contributed by atoms with Gasteiger partial charge >= 0.3 is 6.09 Å². The monoisotopic (exact) mass is 307 g/mol. The Morgan fingerprint density at radius 2 is 1.82 bits per heavy atom. The molecule has 3 amide bonds. The van der Waals surface area contributed by atoms with E-state index in [1.165, 1.54) is 0 Å². The Balaban J connectivity index is 2.50. The SMILES string of the molecule is CC(C)[C@H](NC(=O)OCc1ccccc1)C(=O)NCC(N)=O. The Labute approximate surface area is 129 Å². The van der Waals surface area contributed by atoms with Gasteiger partial charge in [-0.1, -0.05) is 44.2 Å². The van der Waals surface area contributed by atoms with Crippen LogP contribution < -0.4 is 16.4 Å². The maximum Gasteiger partial charge on any atom is 0.408 e. The van der Waals surface area contributed by atoms with E-state index in [-0.39, 0.29) is 19.1 Å². The molecule has 22 heavy (non-hydrogen) atoms. The molecular formula is C15H21N3O4. The van der Waals surface area contributed by atoms with Crippen LogP contribution in [-0.2, 0) is 20.9 Å². The van der Waals surface area contributed by atoms with Crippen LogP contribution in [0.4, 0.5) is 4.79 Å². The van der Waals surface area contributed by atoms with Gasteiger partial charge in [0.25, 0.3) is 0 Å². The number of carbonyl (C=O) groups is 3. The van der Waals surface area contributed by atoms with Gasteiger partial charge in [-0.05, 0) is 11.5 Å². The van der Waals surface area contributed by atoms with Crippen molar-refractivity contribution in [3.8, 4) is 0 Å². The number of benzene rings is 1. The highest BCUT2D eigenvalue weighted by atomic mass is 16.5. The molecule has 0 spiro atoms. The predicted octanol–water partition coefficient (Wildman–Crippen LogP) is 0.539. The first kappa shape index (κ1) is 17.5. The van der Waals surface area contributed by atoms with E-state index in [9.17, 15) is 14.4 Å². The number of primary amides is 1. The molecule has 0 aliphatic carbocycles. The fraction of sp³-hybridized carbons (Fsp3) is 0.400. The Kier molecular flexibility index (Phi) is 6.88. The summed E-state index contributed by atoms with van der Waals surface area (Å²) in [4.78, 5) is 34.4. The van der Waals surface area contributed by atoms with Gasteiger partial charge in [0.1, 0.15) is 12.6 Å². The maximum absolute atomic E-state index is 11.9. The van der Waals surface area contributed by atoms with Gasteiger partial charge in [-0.15, -0.1) is 0 Å². The molecule has 1 aromatic carbocycles. The third-order valence-corrected chi connectivity index (χ3v) is 2.87. The topological polar surface area (TPSA) is 111 Å². The molecule has 0 heterocycles. The highest BCUT2D eigenvalue weighted by Gasteiger charge is 2.24. The van der Waals surface area contributed by atoms with E-state index in [4.69, 9.17) is 10.5 Å². The molecule has 0 unspecified atom stereocenters. The van der Waals surface area contributed by atoms with Crippen molar-refractivity contribution in [3.63, 3.8) is 0 Å². The van der Waals surface area contributed by atoms with Gasteiger partial charge in [0, 0.05) is 0 Å². The highest BCUT2D eigenvalue weighted by Crippen LogP contribution is 2.04. The van der Waals surface area contributed by atoms with Gasteiger partial charge in [-0.2, -0.15) is 0 Å². The van der Waals surface area contributed by atoms with Crippen LogP contribution in [0.25, 0.3) is 0 Å². The summed E-state index contributed by atoms with van der Waals surface area (Å²) < 4.78 is 5.06. The van der Waals surface area contributed by atoms with Crippen LogP contribution >= 0.6 is 0 Å². The summed E-state index contributed by atoms with van der Waals surface area (Å²) in [7, 11) is 0. The lowest BCUT2D eigenvalue weighted by molar-refractivity contribution is -0.126. The molecule has 1 atom stereocenters. The summed E-state index contributed by atoms with van der Waals surface area (Å²) >= 11 is 0. The number of hydrogen-bond acceptors (Lipinski definition) is 4. The first-order valence-corrected chi connectivity index (χ1v) is 6.93. The normalized spacial score (nSPS) is 11.6. The lowest BCUT2D eigenvalue weighted by Crippen LogP contribution is -2.51. The van der Waals surface area contributed by atoms with Crippen LogP contribution in [0.1, 0.15) is 19.4 Å². The second kappa shape index (κ2) is 8.66. The molecule has 0 aliphatic heterocycles. The van der Waals surface area contributed by atoms with Crippen molar-refractivity contribution in [1.29, 1.82) is 0 Å². The molecule has 0 aromatic heterocycles. The molecule has 0 saturated carbocycles. The molecule has 0 bridgehead atoms. The van der Waals surface area contributed by atoms with Gasteiger partial charge in [0.15, 0.2) is 0 Å². The van der Waals surface area contributed by atoms with Crippen molar-refractivity contribution in [2.75, 3.05) is 6.54 Å². The first-order chi connectivity index (χ1) is 10.4. The fourth-order valence-corrected chi connectivity index (χ4v) is 1.71. The van der Waals surface area contributed by atoms with Gasteiger partial charge in [-0.3, -0.25) is 9.59 Å². The third kappa shape index (κ3) is 6.25. The van der Waals surface area contributed by atoms with Crippen molar-refractivity contribution in [3.05, 3.63) is 35.9 Å². The maximum atomic E-state index is 11.9. The van der Waals surface area contributed by atoms with Crippen molar-refractivity contribution in [2.45, 2.75) is 26.5 Å². The molecule has 120 valence electrons. The van der Waals surface area contributed by atoms with E-state index in [0.29, 0.717) is 0 Å². The lowest BCUT2D eigenvalue weighted by atomic mass is 10.0. The van der Waals surface area contributed by atoms with E-state index in [2.05, 4.69) is 10.6 Å². The minimum absolute atomic E-state index is 0.112. The number of rotatable bonds is 7. The largest absolute Gasteiger partial charge is 0.445 e. The third-order valence-electron chi connectivity index (χ3n) is 2.87. The van der Waals surface area contributed by atoms with Gasteiger partial charge in [0.2, 0.25) is 11.8 Å². The second-order valence-electron chi connectivity index (χ2n) is 5.11. The number of carbonyl (C=O) groups excluding carboxylic acids is 3. The summed E-state index contributed by atoms with van der Waals surface area (Å²) in [5, 5.41) is 4.84. The van der Waals surface area contributed by atoms with E-state index in [1.807, 2.05) is 30.3 Å². The molecule has 0 radical (unpaired) electrons. The van der Waals surface area contributed by atoms with E-state index >= 15 is 0 Å². The van der Waals surface area contributed by atoms with Crippen LogP contribution in [0, 0.1) is 5.92 Å². The minimum atomic E-state index is -0.803. The van der Waals surface area contributed by atoms with Crippen LogP contribution in [0.5, 0.6) is 0 Å². The van der Waals surface area contributed by atoms with E-state index in [0.717, 1.165) is 5.56 Å². The van der Waals surface area contributed by atoms with Crippen molar-refractivity contribution in [1.82, 2.24) is 10.6 Å². The summed E-state index contributed by atoms with van der Waals surface area (Å²) in [5.74, 6) is -1.30. The fourth-order valence-electron chi connectivity index (χ4n) is 1.71. The zero-order valence-electron chi connectivity index (χ0n) is 12.7. The molecule has 4 N–H and O–H groups in total. The summed E-state index contributed by atoms with van der Waals surface area (Å²) in [6.45, 7) is 3.38. The number of hydrogen-bond donors (Lipinski definition) is 3. The number of alkyl carbamates (subject to hydrolysis) is 1. The van der Waals surface area contributed by atoms with Crippen LogP contribution in [-0.4, -0.2) is 30.5 Å². The number of ether oxygens (including phenoxy) is 1. The number of amides is 3. The minimum Gasteiger partial charge on any atom is -0.445 e. The Bertz CT molecular complexity index is 517. The average molecular weight is 307 g/mol. The molecule has 1 aromatic rings. The Morgan fingerprint density at radius 3 is 2.36 bits per heavy atom. The van der Waals surface area contributed by atoms with Crippen LogP contribution in [0.3, 0.4) is 0 Å². The molecule has 1 rings (SSSR count). The van der Waals surface area contributed by atoms with Crippen molar-refractivity contribution < 1.29 is 19.1 Å². The summed E-state index contributed by atoms with van der Waals surface area (Å²) in [6, 6.07) is 8.39. The van der Waals surface area contributed by atoms with E-state index < -0.39 is 23.9 Å². The van der Waals surface area contributed by atoms with E-state index in [1.54, 1.807) is 13.8 Å². The Hall–Kier alpha value is -2.57. The first-order valence-electron chi connectivity index (χ1n) is 6.93. The Morgan fingerprint density at radius 1 is 1.18 bits per heavy atom. The summed E-state index contributed by atoms with van der Waals surface area (Å²) in [6.07, 6.45) is -0.697. The van der Waals surface area contributed by atoms with Crippen LogP contribution in [0.2, 0.25) is 0 Å². The molecule has 0 saturated heterocycles. The quantitative estimate of drug-likeness (QED) is 0.682. The zero-order chi connectivity index (χ0) is 16.5. The molecule has 7 nitrogen and oxygen atoms in total. The predicted molar refractivity (Wildman–Crippen MR) is 80.6 cm³/mol. The van der Waals surface area contributed by atoms with Gasteiger partial charge in [-0.25, -0.2) is 4.79 Å². The highest BCUT2D eigenvalue weighted by molar-refractivity contribution is 5.89.